The number of methoxy groups -OCH3 is 1. The Labute approximate surface area is 216 Å². The first-order valence-corrected chi connectivity index (χ1v) is 13.9. The third-order valence-electron chi connectivity index (χ3n) is 5.47. The van der Waals surface area contributed by atoms with Gasteiger partial charge in [-0.2, -0.15) is 0 Å². The first kappa shape index (κ1) is 28.6. The maximum absolute atomic E-state index is 13.5. The summed E-state index contributed by atoms with van der Waals surface area (Å²) in [4.78, 5) is 27.8. The summed E-state index contributed by atoms with van der Waals surface area (Å²) in [6.07, 6.45) is 1.06. The second-order valence-electron chi connectivity index (χ2n) is 8.89. The minimum Gasteiger partial charge on any atom is -0.497 e. The van der Waals surface area contributed by atoms with Crippen molar-refractivity contribution in [3.05, 3.63) is 58.1 Å². The molecule has 0 aromatic heterocycles. The lowest BCUT2D eigenvalue weighted by Crippen LogP contribution is -2.51. The Kier molecular flexibility index (Phi) is 10.1. The van der Waals surface area contributed by atoms with Crippen LogP contribution in [0.15, 0.2) is 46.9 Å². The Morgan fingerprint density at radius 2 is 1.71 bits per heavy atom. The number of halogens is 1. The number of sulfonamides is 1. The van der Waals surface area contributed by atoms with Gasteiger partial charge in [0, 0.05) is 17.6 Å². The predicted octanol–water partition coefficient (Wildman–Crippen LogP) is 3.72. The van der Waals surface area contributed by atoms with Crippen molar-refractivity contribution in [2.24, 2.45) is 5.92 Å². The van der Waals surface area contributed by atoms with Gasteiger partial charge in [0.25, 0.3) is 0 Å². The van der Waals surface area contributed by atoms with E-state index in [-0.39, 0.29) is 18.4 Å². The molecular formula is C25H34BrN3O5S. The molecule has 0 saturated heterocycles. The number of rotatable bonds is 11. The number of anilines is 1. The molecule has 2 rings (SSSR count). The van der Waals surface area contributed by atoms with Crippen LogP contribution in [0.1, 0.15) is 31.9 Å². The number of carbonyl (C=O) groups is 2. The molecule has 35 heavy (non-hydrogen) atoms. The first-order valence-electron chi connectivity index (χ1n) is 11.3. The van der Waals surface area contributed by atoms with Crippen LogP contribution >= 0.6 is 15.9 Å². The van der Waals surface area contributed by atoms with E-state index in [0.717, 1.165) is 26.2 Å². The van der Waals surface area contributed by atoms with E-state index in [1.54, 1.807) is 44.4 Å². The minimum atomic E-state index is -3.77. The highest BCUT2D eigenvalue weighted by atomic mass is 79.9. The van der Waals surface area contributed by atoms with Crippen LogP contribution in [-0.4, -0.2) is 57.6 Å². The molecule has 8 nitrogen and oxygen atoms in total. The summed E-state index contributed by atoms with van der Waals surface area (Å²) in [5, 5.41) is 2.86. The molecule has 1 atom stereocenters. The Balaban J connectivity index is 2.38. The van der Waals surface area contributed by atoms with E-state index in [0.29, 0.717) is 18.0 Å². The number of amides is 2. The highest BCUT2D eigenvalue weighted by Gasteiger charge is 2.30. The number of aryl methyl sites for hydroxylation is 1. The van der Waals surface area contributed by atoms with Crippen molar-refractivity contribution in [1.82, 2.24) is 10.2 Å². The number of ether oxygens (including phenoxy) is 1. The van der Waals surface area contributed by atoms with Gasteiger partial charge in [-0.25, -0.2) is 8.42 Å². The van der Waals surface area contributed by atoms with Gasteiger partial charge in [-0.3, -0.25) is 13.9 Å². The largest absolute Gasteiger partial charge is 0.497 e. The van der Waals surface area contributed by atoms with E-state index in [4.69, 9.17) is 4.74 Å². The molecule has 0 radical (unpaired) electrons. The highest BCUT2D eigenvalue weighted by Crippen LogP contribution is 2.25. The molecule has 0 saturated carbocycles. The van der Waals surface area contributed by atoms with Gasteiger partial charge in [0.2, 0.25) is 21.8 Å². The van der Waals surface area contributed by atoms with Crippen LogP contribution in [0.3, 0.4) is 0 Å². The van der Waals surface area contributed by atoms with Gasteiger partial charge in [-0.1, -0.05) is 41.9 Å². The zero-order valence-corrected chi connectivity index (χ0v) is 23.4. The SMILES string of the molecule is COc1ccc(CN(C(=O)CN(c2ccc(Br)c(C)c2)S(C)(=O)=O)[C@H](C)C(=O)NCC(C)C)cc1. The van der Waals surface area contributed by atoms with Gasteiger partial charge in [0.1, 0.15) is 18.3 Å². The van der Waals surface area contributed by atoms with E-state index in [2.05, 4.69) is 21.2 Å². The van der Waals surface area contributed by atoms with Crippen LogP contribution in [0, 0.1) is 12.8 Å². The topological polar surface area (TPSA) is 96.0 Å². The van der Waals surface area contributed by atoms with Crippen molar-refractivity contribution < 1.29 is 22.7 Å². The van der Waals surface area contributed by atoms with Gasteiger partial charge >= 0.3 is 0 Å². The second-order valence-corrected chi connectivity index (χ2v) is 11.6. The first-order chi connectivity index (χ1) is 16.3. The Bertz CT molecular complexity index is 1140. The second kappa shape index (κ2) is 12.4. The van der Waals surface area contributed by atoms with Gasteiger partial charge in [-0.15, -0.1) is 0 Å². The lowest BCUT2D eigenvalue weighted by Gasteiger charge is -2.31. The average molecular weight is 569 g/mol. The lowest BCUT2D eigenvalue weighted by molar-refractivity contribution is -0.139. The standard InChI is InChI=1S/C25H34BrN3O5S/c1-17(2)14-27-25(31)19(4)28(15-20-7-10-22(34-5)11-8-20)24(30)16-29(35(6,32)33)21-9-12-23(26)18(3)13-21/h7-13,17,19H,14-16H2,1-6H3,(H,27,31)/t19-/m1/s1. The van der Waals surface area contributed by atoms with Crippen LogP contribution in [0.4, 0.5) is 5.69 Å². The van der Waals surface area contributed by atoms with E-state index in [9.17, 15) is 18.0 Å². The smallest absolute Gasteiger partial charge is 0.244 e. The average Bonchev–Trinajstić information content (AvgIpc) is 2.80. The van der Waals surface area contributed by atoms with Crippen LogP contribution in [0.2, 0.25) is 0 Å². The van der Waals surface area contributed by atoms with Gasteiger partial charge in [0.05, 0.1) is 19.1 Å². The fourth-order valence-corrected chi connectivity index (χ4v) is 4.45. The quantitative estimate of drug-likeness (QED) is 0.446. The number of benzene rings is 2. The van der Waals surface area contributed by atoms with E-state index < -0.39 is 28.5 Å². The molecule has 0 heterocycles. The highest BCUT2D eigenvalue weighted by molar-refractivity contribution is 9.10. The molecule has 2 amide bonds. The molecule has 10 heteroatoms. The zero-order valence-electron chi connectivity index (χ0n) is 21.0. The van der Waals surface area contributed by atoms with E-state index >= 15 is 0 Å². The van der Waals surface area contributed by atoms with Gasteiger partial charge in [0.15, 0.2) is 0 Å². The van der Waals surface area contributed by atoms with E-state index in [1.165, 1.54) is 4.90 Å². The van der Waals surface area contributed by atoms with Crippen molar-refractivity contribution in [3.63, 3.8) is 0 Å². The minimum absolute atomic E-state index is 0.135. The Morgan fingerprint density at radius 1 is 1.09 bits per heavy atom. The fourth-order valence-electron chi connectivity index (χ4n) is 3.36. The molecule has 2 aromatic carbocycles. The van der Waals surface area contributed by atoms with Crippen LogP contribution in [0.25, 0.3) is 0 Å². The molecular weight excluding hydrogens is 534 g/mol. The summed E-state index contributed by atoms with van der Waals surface area (Å²) in [5.74, 6) is 0.131. The van der Waals surface area contributed by atoms with Crippen LogP contribution in [-0.2, 0) is 26.2 Å². The number of hydrogen-bond donors (Lipinski definition) is 1. The molecule has 192 valence electrons. The summed E-state index contributed by atoms with van der Waals surface area (Å²) >= 11 is 3.41. The maximum atomic E-state index is 13.5. The molecule has 0 aliphatic carbocycles. The molecule has 0 fully saturated rings. The zero-order chi connectivity index (χ0) is 26.3. The normalized spacial score (nSPS) is 12.2. The summed E-state index contributed by atoms with van der Waals surface area (Å²) in [7, 11) is -2.21. The number of carbonyl (C=O) groups excluding carboxylic acids is 2. The van der Waals surface area contributed by atoms with Crippen molar-refractivity contribution >= 4 is 43.5 Å². The Morgan fingerprint density at radius 3 is 2.23 bits per heavy atom. The lowest BCUT2D eigenvalue weighted by atomic mass is 10.1. The third kappa shape index (κ3) is 8.24. The third-order valence-corrected chi connectivity index (χ3v) is 7.50. The van der Waals surface area contributed by atoms with Crippen molar-refractivity contribution in [2.45, 2.75) is 40.3 Å². The number of nitrogens with one attached hydrogen (secondary N) is 1. The predicted molar refractivity (Wildman–Crippen MR) is 142 cm³/mol. The Hall–Kier alpha value is -2.59. The van der Waals surface area contributed by atoms with Gasteiger partial charge < -0.3 is 15.0 Å². The summed E-state index contributed by atoms with van der Waals surface area (Å²) < 4.78 is 32.4. The molecule has 1 N–H and O–H groups in total. The van der Waals surface area contributed by atoms with Crippen molar-refractivity contribution in [2.75, 3.05) is 30.8 Å². The maximum Gasteiger partial charge on any atom is 0.244 e. The molecule has 0 spiro atoms. The summed E-state index contributed by atoms with van der Waals surface area (Å²) in [6, 6.07) is 11.4. The summed E-state index contributed by atoms with van der Waals surface area (Å²) in [5.41, 5.74) is 2.00. The molecule has 0 aliphatic rings. The molecule has 0 aliphatic heterocycles. The van der Waals surface area contributed by atoms with Crippen LogP contribution in [0.5, 0.6) is 5.75 Å². The van der Waals surface area contributed by atoms with Crippen molar-refractivity contribution in [1.29, 1.82) is 0 Å². The number of hydrogen-bond acceptors (Lipinski definition) is 5. The molecule has 2 aromatic rings. The summed E-state index contributed by atoms with van der Waals surface area (Å²) in [6.45, 7) is 7.62. The van der Waals surface area contributed by atoms with Crippen molar-refractivity contribution in [3.8, 4) is 5.75 Å². The van der Waals surface area contributed by atoms with E-state index in [1.807, 2.05) is 32.9 Å². The number of nitrogens with zero attached hydrogens (tertiary/aromatic N) is 2. The molecule has 0 unspecified atom stereocenters. The fraction of sp³-hybridized carbons (Fsp3) is 0.440. The van der Waals surface area contributed by atoms with Gasteiger partial charge in [-0.05, 0) is 61.2 Å². The monoisotopic (exact) mass is 567 g/mol. The van der Waals surface area contributed by atoms with Crippen LogP contribution < -0.4 is 14.4 Å². The molecule has 0 bridgehead atoms.